The number of carbonyl (C=O) groups excluding carboxylic acids is 2. The van der Waals surface area contributed by atoms with Gasteiger partial charge in [0.1, 0.15) is 6.54 Å². The Kier molecular flexibility index (Phi) is 1.93. The lowest BCUT2D eigenvalue weighted by Crippen LogP contribution is -2.27. The van der Waals surface area contributed by atoms with E-state index in [0.717, 1.165) is 10.7 Å². The average molecular weight is 236 g/mol. The van der Waals surface area contributed by atoms with Gasteiger partial charge in [-0.3, -0.25) is 14.5 Å². The molecule has 3 amide bonds. The third-order valence-electron chi connectivity index (χ3n) is 2.36. The Morgan fingerprint density at radius 3 is 3.06 bits per heavy atom. The van der Waals surface area contributed by atoms with E-state index in [4.69, 9.17) is 0 Å². The number of imidazole rings is 1. The first-order valence-electron chi connectivity index (χ1n) is 4.72. The lowest BCUT2D eigenvalue weighted by Gasteiger charge is -2.09. The molecule has 7 heteroatoms. The Bertz CT molecular complexity index is 544. The molecule has 1 fully saturated rings. The number of imide groups is 1. The van der Waals surface area contributed by atoms with Crippen molar-refractivity contribution in [1.29, 1.82) is 0 Å². The number of thiazole rings is 1. The van der Waals surface area contributed by atoms with Crippen molar-refractivity contribution in [2.75, 3.05) is 6.54 Å². The van der Waals surface area contributed by atoms with Crippen molar-refractivity contribution in [3.8, 4) is 0 Å². The zero-order valence-electron chi connectivity index (χ0n) is 8.21. The first-order valence-corrected chi connectivity index (χ1v) is 5.60. The molecule has 1 N–H and O–H groups in total. The quantitative estimate of drug-likeness (QED) is 0.770. The lowest BCUT2D eigenvalue weighted by atomic mass is 10.4. The molecular formula is C9H8N4O2S. The van der Waals surface area contributed by atoms with Crippen LogP contribution in [0.3, 0.4) is 0 Å². The molecule has 0 saturated carbocycles. The third-order valence-corrected chi connectivity index (χ3v) is 3.13. The second-order valence-electron chi connectivity index (χ2n) is 3.53. The molecule has 0 bridgehead atoms. The Balaban J connectivity index is 1.82. The van der Waals surface area contributed by atoms with Crippen molar-refractivity contribution in [3.63, 3.8) is 0 Å². The van der Waals surface area contributed by atoms with Gasteiger partial charge in [0.2, 0.25) is 5.91 Å². The topological polar surface area (TPSA) is 66.7 Å². The minimum Gasteiger partial charge on any atom is -0.309 e. The van der Waals surface area contributed by atoms with Gasteiger partial charge in [0.25, 0.3) is 0 Å². The van der Waals surface area contributed by atoms with E-state index in [1.165, 1.54) is 16.2 Å². The maximum absolute atomic E-state index is 11.3. The molecule has 0 atom stereocenters. The van der Waals surface area contributed by atoms with Crippen LogP contribution in [0.5, 0.6) is 0 Å². The summed E-state index contributed by atoms with van der Waals surface area (Å²) >= 11 is 1.53. The Morgan fingerprint density at radius 2 is 2.38 bits per heavy atom. The molecule has 2 aromatic heterocycles. The van der Waals surface area contributed by atoms with E-state index in [-0.39, 0.29) is 18.5 Å². The van der Waals surface area contributed by atoms with Gasteiger partial charge in [-0.1, -0.05) is 0 Å². The number of urea groups is 1. The van der Waals surface area contributed by atoms with E-state index in [0.29, 0.717) is 6.54 Å². The van der Waals surface area contributed by atoms with E-state index in [9.17, 15) is 9.59 Å². The Labute approximate surface area is 94.5 Å². The van der Waals surface area contributed by atoms with Gasteiger partial charge in [0.05, 0.1) is 12.2 Å². The van der Waals surface area contributed by atoms with Crippen LogP contribution in [-0.2, 0) is 11.3 Å². The van der Waals surface area contributed by atoms with Crippen molar-refractivity contribution in [1.82, 2.24) is 19.6 Å². The summed E-state index contributed by atoms with van der Waals surface area (Å²) in [6, 6.07) is -0.346. The fraction of sp³-hybridized carbons (Fsp3) is 0.222. The van der Waals surface area contributed by atoms with Gasteiger partial charge in [0.15, 0.2) is 4.96 Å². The zero-order chi connectivity index (χ0) is 11.1. The minimum atomic E-state index is -0.346. The van der Waals surface area contributed by atoms with Crippen LogP contribution in [0.25, 0.3) is 4.96 Å². The van der Waals surface area contributed by atoms with E-state index in [1.807, 2.05) is 22.2 Å². The molecule has 1 saturated heterocycles. The SMILES string of the molecule is O=C1CN(Cc2cn3ccsc3n2)C(=O)N1. The smallest absolute Gasteiger partial charge is 0.309 e. The van der Waals surface area contributed by atoms with Crippen LogP contribution < -0.4 is 5.32 Å². The van der Waals surface area contributed by atoms with E-state index in [2.05, 4.69) is 10.3 Å². The Hall–Kier alpha value is -1.89. The molecule has 1 aliphatic heterocycles. The molecule has 6 nitrogen and oxygen atoms in total. The average Bonchev–Trinajstić information content (AvgIpc) is 2.82. The molecule has 16 heavy (non-hydrogen) atoms. The second kappa shape index (κ2) is 3.31. The molecule has 0 aromatic carbocycles. The monoisotopic (exact) mass is 236 g/mol. The van der Waals surface area contributed by atoms with Gasteiger partial charge < -0.3 is 4.90 Å². The molecule has 0 aliphatic carbocycles. The highest BCUT2D eigenvalue weighted by Gasteiger charge is 2.27. The summed E-state index contributed by atoms with van der Waals surface area (Å²) in [6.45, 7) is 0.482. The highest BCUT2D eigenvalue weighted by Crippen LogP contribution is 2.13. The van der Waals surface area contributed by atoms with Crippen molar-refractivity contribution >= 4 is 28.2 Å². The predicted octanol–water partition coefficient (Wildman–Crippen LogP) is 0.448. The molecule has 0 spiro atoms. The summed E-state index contributed by atoms with van der Waals surface area (Å²) in [5.74, 6) is -0.258. The van der Waals surface area contributed by atoms with Crippen LogP contribution in [0.2, 0.25) is 0 Å². The van der Waals surface area contributed by atoms with Crippen molar-refractivity contribution in [3.05, 3.63) is 23.5 Å². The number of rotatable bonds is 2. The van der Waals surface area contributed by atoms with Crippen LogP contribution in [0.15, 0.2) is 17.8 Å². The largest absolute Gasteiger partial charge is 0.324 e. The highest BCUT2D eigenvalue weighted by molar-refractivity contribution is 7.15. The number of aromatic nitrogens is 2. The van der Waals surface area contributed by atoms with Crippen LogP contribution >= 0.6 is 11.3 Å². The van der Waals surface area contributed by atoms with Gasteiger partial charge in [-0.15, -0.1) is 11.3 Å². The van der Waals surface area contributed by atoms with Gasteiger partial charge in [-0.25, -0.2) is 9.78 Å². The zero-order valence-corrected chi connectivity index (χ0v) is 9.03. The molecule has 1 aliphatic rings. The fourth-order valence-corrected chi connectivity index (χ4v) is 2.38. The molecular weight excluding hydrogens is 228 g/mol. The maximum atomic E-state index is 11.3. The lowest BCUT2D eigenvalue weighted by molar-refractivity contribution is -0.118. The number of nitrogens with one attached hydrogen (secondary N) is 1. The molecule has 3 rings (SSSR count). The van der Waals surface area contributed by atoms with E-state index < -0.39 is 0 Å². The number of hydrogen-bond acceptors (Lipinski definition) is 4. The summed E-state index contributed by atoms with van der Waals surface area (Å²) in [4.78, 5) is 29.0. The molecule has 82 valence electrons. The fourth-order valence-electron chi connectivity index (χ4n) is 1.66. The minimum absolute atomic E-state index is 0.115. The number of amides is 3. The number of fused-ring (bicyclic) bond motifs is 1. The van der Waals surface area contributed by atoms with Gasteiger partial charge in [0, 0.05) is 17.8 Å². The summed E-state index contributed by atoms with van der Waals surface area (Å²) in [5.41, 5.74) is 0.789. The van der Waals surface area contributed by atoms with Crippen LogP contribution in [0, 0.1) is 0 Å². The van der Waals surface area contributed by atoms with Crippen LogP contribution in [0.4, 0.5) is 4.79 Å². The first kappa shape index (κ1) is 9.34. The van der Waals surface area contributed by atoms with Crippen molar-refractivity contribution in [2.45, 2.75) is 6.54 Å². The summed E-state index contributed by atoms with van der Waals surface area (Å²) in [6.07, 6.45) is 3.77. The van der Waals surface area contributed by atoms with Gasteiger partial charge in [-0.2, -0.15) is 0 Å². The summed E-state index contributed by atoms with van der Waals surface area (Å²) < 4.78 is 1.90. The second-order valence-corrected chi connectivity index (χ2v) is 4.41. The molecule has 0 unspecified atom stereocenters. The van der Waals surface area contributed by atoms with Crippen molar-refractivity contribution in [2.24, 2.45) is 0 Å². The number of carbonyl (C=O) groups is 2. The van der Waals surface area contributed by atoms with E-state index >= 15 is 0 Å². The number of hydrogen-bond donors (Lipinski definition) is 1. The molecule has 0 radical (unpaired) electrons. The highest BCUT2D eigenvalue weighted by atomic mass is 32.1. The summed E-state index contributed by atoms with van der Waals surface area (Å²) in [5, 5.41) is 4.17. The third kappa shape index (κ3) is 1.45. The standard InChI is InChI=1S/C9H8N4O2S/c14-7-5-13(8(15)11-7)4-6-3-12-1-2-16-9(12)10-6/h1-3H,4-5H2,(H,11,14,15). The first-order chi connectivity index (χ1) is 7.72. The molecule has 2 aromatic rings. The van der Waals surface area contributed by atoms with Gasteiger partial charge in [-0.05, 0) is 0 Å². The normalized spacial score (nSPS) is 16.1. The predicted molar refractivity (Wildman–Crippen MR) is 57.0 cm³/mol. The summed E-state index contributed by atoms with van der Waals surface area (Å²) in [7, 11) is 0. The number of nitrogens with zero attached hydrogens (tertiary/aromatic N) is 3. The van der Waals surface area contributed by atoms with Gasteiger partial charge >= 0.3 is 6.03 Å². The maximum Gasteiger partial charge on any atom is 0.324 e. The van der Waals surface area contributed by atoms with Crippen LogP contribution in [-0.4, -0.2) is 32.8 Å². The van der Waals surface area contributed by atoms with Crippen molar-refractivity contribution < 1.29 is 9.59 Å². The Morgan fingerprint density at radius 1 is 1.50 bits per heavy atom. The van der Waals surface area contributed by atoms with Crippen LogP contribution in [0.1, 0.15) is 5.69 Å². The van der Waals surface area contributed by atoms with E-state index in [1.54, 1.807) is 0 Å². The molecule has 3 heterocycles.